The van der Waals surface area contributed by atoms with Gasteiger partial charge < -0.3 is 25.4 Å². The Bertz CT molecular complexity index is 1070. The molecule has 3 rings (SSSR count). The smallest absolute Gasteiger partial charge is 0.497 e. The van der Waals surface area contributed by atoms with Gasteiger partial charge in [-0.15, -0.1) is 13.2 Å². The summed E-state index contributed by atoms with van der Waals surface area (Å²) in [6, 6.07) is 13.8. The van der Waals surface area contributed by atoms with Gasteiger partial charge in [0, 0.05) is 36.1 Å². The van der Waals surface area contributed by atoms with Crippen LogP contribution in [0.4, 0.5) is 30.6 Å². The normalized spacial score (nSPS) is 10.9. The topological polar surface area (TPSA) is 97.4 Å². The predicted octanol–water partition coefficient (Wildman–Crippen LogP) is 4.28. The van der Waals surface area contributed by atoms with Crippen molar-refractivity contribution in [3.05, 3.63) is 65.9 Å². The van der Waals surface area contributed by atoms with Crippen molar-refractivity contribution >= 4 is 23.4 Å². The van der Waals surface area contributed by atoms with Gasteiger partial charge in [0.25, 0.3) is 5.91 Å². The molecule has 3 N–H and O–H groups in total. The summed E-state index contributed by atoms with van der Waals surface area (Å²) in [5, 5.41) is 8.89. The summed E-state index contributed by atoms with van der Waals surface area (Å²) in [6.07, 6.45) is -4.78. The Kier molecular flexibility index (Phi) is 7.54. The summed E-state index contributed by atoms with van der Waals surface area (Å²) in [5.41, 5.74) is 1.79. The molecule has 0 radical (unpaired) electrons. The summed E-state index contributed by atoms with van der Waals surface area (Å²) >= 11 is 0. The van der Waals surface area contributed by atoms with Crippen molar-refractivity contribution in [1.29, 1.82) is 0 Å². The van der Waals surface area contributed by atoms with Crippen molar-refractivity contribution in [2.75, 3.05) is 30.8 Å². The molecule has 0 bridgehead atoms. The molecule has 1 aromatic heterocycles. The molecular weight excluding hydrogens is 439 g/mol. The molecule has 2 aromatic carbocycles. The number of benzene rings is 2. The van der Waals surface area contributed by atoms with E-state index in [4.69, 9.17) is 4.74 Å². The van der Waals surface area contributed by atoms with Crippen molar-refractivity contribution in [2.24, 2.45) is 0 Å². The first kappa shape index (κ1) is 23.6. The minimum atomic E-state index is -4.78. The molecule has 0 fully saturated rings. The summed E-state index contributed by atoms with van der Waals surface area (Å²) in [7, 11) is 1.60. The maximum absolute atomic E-state index is 12.2. The summed E-state index contributed by atoms with van der Waals surface area (Å²) in [6.45, 7) is 2.42. The minimum absolute atomic E-state index is 0.210. The van der Waals surface area contributed by atoms with E-state index >= 15 is 0 Å². The van der Waals surface area contributed by atoms with Crippen molar-refractivity contribution < 1.29 is 27.4 Å². The lowest BCUT2D eigenvalue weighted by molar-refractivity contribution is -0.274. The van der Waals surface area contributed by atoms with Gasteiger partial charge in [0.05, 0.1) is 7.11 Å². The Balaban J connectivity index is 1.49. The first-order chi connectivity index (χ1) is 15.7. The molecule has 174 valence electrons. The number of aryl methyl sites for hydroxylation is 1. The van der Waals surface area contributed by atoms with Crippen LogP contribution in [0, 0.1) is 6.92 Å². The van der Waals surface area contributed by atoms with E-state index in [-0.39, 0.29) is 12.1 Å². The van der Waals surface area contributed by atoms with Crippen LogP contribution < -0.4 is 25.4 Å². The number of carbonyl (C=O) groups is 1. The lowest BCUT2D eigenvalue weighted by Gasteiger charge is -2.11. The first-order valence-electron chi connectivity index (χ1n) is 9.86. The molecule has 0 saturated carbocycles. The molecule has 1 heterocycles. The van der Waals surface area contributed by atoms with E-state index in [1.54, 1.807) is 13.2 Å². The van der Waals surface area contributed by atoms with E-state index < -0.39 is 18.0 Å². The van der Waals surface area contributed by atoms with Gasteiger partial charge in [-0.25, -0.2) is 4.98 Å². The Hall–Kier alpha value is -4.02. The number of hydrogen-bond acceptors (Lipinski definition) is 7. The minimum Gasteiger partial charge on any atom is -0.497 e. The third-order valence-electron chi connectivity index (χ3n) is 4.26. The average Bonchev–Trinajstić information content (AvgIpc) is 2.76. The Morgan fingerprint density at radius 3 is 2.27 bits per heavy atom. The van der Waals surface area contributed by atoms with Crippen LogP contribution in [0.2, 0.25) is 0 Å². The largest absolute Gasteiger partial charge is 0.573 e. The van der Waals surface area contributed by atoms with Crippen molar-refractivity contribution in [3.8, 4) is 11.5 Å². The van der Waals surface area contributed by atoms with Gasteiger partial charge in [-0.3, -0.25) is 4.79 Å². The molecule has 0 aliphatic heterocycles. The molecule has 3 aromatic rings. The number of nitrogens with one attached hydrogen (secondary N) is 3. The third-order valence-corrected chi connectivity index (χ3v) is 4.26. The second-order valence-electron chi connectivity index (χ2n) is 6.83. The number of carbonyl (C=O) groups excluding carboxylic acids is 1. The number of amides is 1. The van der Waals surface area contributed by atoms with E-state index in [0.717, 1.165) is 29.3 Å². The molecule has 0 atom stereocenters. The fraction of sp³-hybridized carbons (Fsp3) is 0.227. The van der Waals surface area contributed by atoms with E-state index in [1.807, 2.05) is 31.2 Å². The second-order valence-corrected chi connectivity index (χ2v) is 6.83. The molecule has 0 aliphatic carbocycles. The SMILES string of the molecule is COc1ccc(Nc2cc(C)nc(NCCNC(=O)c3ccc(OC(F)(F)F)cc3)n2)cc1. The third kappa shape index (κ3) is 7.56. The first-order valence-corrected chi connectivity index (χ1v) is 9.86. The molecule has 0 aliphatic rings. The lowest BCUT2D eigenvalue weighted by Crippen LogP contribution is -2.29. The summed E-state index contributed by atoms with van der Waals surface area (Å²) in [5.74, 6) is 0.905. The highest BCUT2D eigenvalue weighted by Gasteiger charge is 2.31. The quantitative estimate of drug-likeness (QED) is 0.409. The zero-order valence-electron chi connectivity index (χ0n) is 17.9. The van der Waals surface area contributed by atoms with E-state index in [0.29, 0.717) is 18.3 Å². The molecule has 33 heavy (non-hydrogen) atoms. The lowest BCUT2D eigenvalue weighted by atomic mass is 10.2. The zero-order chi connectivity index (χ0) is 23.8. The molecule has 0 unspecified atom stereocenters. The highest BCUT2D eigenvalue weighted by Crippen LogP contribution is 2.23. The average molecular weight is 461 g/mol. The molecule has 8 nitrogen and oxygen atoms in total. The van der Waals surface area contributed by atoms with Crippen molar-refractivity contribution in [3.63, 3.8) is 0 Å². The maximum atomic E-state index is 12.2. The van der Waals surface area contributed by atoms with Crippen LogP contribution >= 0.6 is 0 Å². The summed E-state index contributed by atoms with van der Waals surface area (Å²) < 4.78 is 45.5. The van der Waals surface area contributed by atoms with Gasteiger partial charge >= 0.3 is 6.36 Å². The standard InChI is InChI=1S/C22H22F3N5O3/c1-14-13-19(29-16-5-9-17(32-2)10-6-16)30-21(28-14)27-12-11-26-20(31)15-3-7-18(8-4-15)33-22(23,24)25/h3-10,13H,11-12H2,1-2H3,(H,26,31)(H2,27,28,29,30). The fourth-order valence-corrected chi connectivity index (χ4v) is 2.79. The van der Waals surface area contributed by atoms with Crippen LogP contribution in [0.1, 0.15) is 16.1 Å². The zero-order valence-corrected chi connectivity index (χ0v) is 17.9. The van der Waals surface area contributed by atoms with E-state index in [2.05, 4.69) is 30.7 Å². The fourth-order valence-electron chi connectivity index (χ4n) is 2.79. The van der Waals surface area contributed by atoms with Gasteiger partial charge in [0.1, 0.15) is 17.3 Å². The van der Waals surface area contributed by atoms with Gasteiger partial charge in [0.15, 0.2) is 0 Å². The number of anilines is 3. The number of methoxy groups -OCH3 is 1. The van der Waals surface area contributed by atoms with Gasteiger partial charge in [-0.05, 0) is 55.5 Å². The van der Waals surface area contributed by atoms with E-state index in [9.17, 15) is 18.0 Å². The number of aromatic nitrogens is 2. The highest BCUT2D eigenvalue weighted by atomic mass is 19.4. The number of nitrogens with zero attached hydrogens (tertiary/aromatic N) is 2. The predicted molar refractivity (Wildman–Crippen MR) is 117 cm³/mol. The summed E-state index contributed by atoms with van der Waals surface area (Å²) in [4.78, 5) is 20.9. The van der Waals surface area contributed by atoms with Gasteiger partial charge in [0.2, 0.25) is 5.95 Å². The maximum Gasteiger partial charge on any atom is 0.573 e. The van der Waals surface area contributed by atoms with Crippen LogP contribution in [0.5, 0.6) is 11.5 Å². The van der Waals surface area contributed by atoms with Crippen molar-refractivity contribution in [1.82, 2.24) is 15.3 Å². The molecule has 0 saturated heterocycles. The molecule has 0 spiro atoms. The number of hydrogen-bond donors (Lipinski definition) is 3. The van der Waals surface area contributed by atoms with Crippen molar-refractivity contribution in [2.45, 2.75) is 13.3 Å². The molecular formula is C22H22F3N5O3. The number of rotatable bonds is 9. The molecule has 11 heteroatoms. The van der Waals surface area contributed by atoms with Gasteiger partial charge in [-0.1, -0.05) is 0 Å². The van der Waals surface area contributed by atoms with Gasteiger partial charge in [-0.2, -0.15) is 4.98 Å². The monoisotopic (exact) mass is 461 g/mol. The van der Waals surface area contributed by atoms with Crippen LogP contribution in [0.3, 0.4) is 0 Å². The number of halogens is 3. The Morgan fingerprint density at radius 2 is 1.64 bits per heavy atom. The number of ether oxygens (including phenoxy) is 2. The van der Waals surface area contributed by atoms with Crippen LogP contribution in [-0.2, 0) is 0 Å². The van der Waals surface area contributed by atoms with E-state index in [1.165, 1.54) is 12.1 Å². The second kappa shape index (κ2) is 10.5. The highest BCUT2D eigenvalue weighted by molar-refractivity contribution is 5.94. The van der Waals surface area contributed by atoms with Crippen LogP contribution in [0.15, 0.2) is 54.6 Å². The van der Waals surface area contributed by atoms with Crippen LogP contribution in [-0.4, -0.2) is 42.4 Å². The van der Waals surface area contributed by atoms with Crippen LogP contribution in [0.25, 0.3) is 0 Å². The Labute approximate surface area is 188 Å². The Morgan fingerprint density at radius 1 is 0.970 bits per heavy atom. The number of alkyl halides is 3. The molecule has 1 amide bonds.